The topological polar surface area (TPSA) is 99.7 Å². The zero-order valence-electron chi connectivity index (χ0n) is 19.8. The van der Waals surface area contributed by atoms with Crippen LogP contribution >= 0.6 is 0 Å². The molecule has 0 spiro atoms. The normalized spacial score (nSPS) is 14.5. The van der Waals surface area contributed by atoms with Crippen molar-refractivity contribution in [1.82, 2.24) is 14.5 Å². The van der Waals surface area contributed by atoms with Crippen molar-refractivity contribution in [2.75, 3.05) is 13.1 Å². The molecule has 0 unspecified atom stereocenters. The first-order valence-corrected chi connectivity index (χ1v) is 11.4. The number of ether oxygens (including phenoxy) is 2. The Hall–Kier alpha value is -4.09. The Bertz CT molecular complexity index is 1300. The molecular weight excluding hydrogens is 496 g/mol. The van der Waals surface area contributed by atoms with Gasteiger partial charge in [0, 0.05) is 44.7 Å². The smallest absolute Gasteiger partial charge is 0.489 e. The molecule has 1 fully saturated rings. The van der Waals surface area contributed by atoms with Gasteiger partial charge in [0.2, 0.25) is 5.91 Å². The Kier molecular flexibility index (Phi) is 7.37. The number of carbonyl (C=O) groups is 2. The number of nitrogens with zero attached hydrogens (tertiary/aromatic N) is 3. The van der Waals surface area contributed by atoms with Crippen LogP contribution in [0.4, 0.5) is 17.6 Å². The van der Waals surface area contributed by atoms with Crippen molar-refractivity contribution < 1.29 is 36.6 Å². The maximum absolute atomic E-state index is 13.9. The van der Waals surface area contributed by atoms with E-state index in [0.29, 0.717) is 37.4 Å². The van der Waals surface area contributed by atoms with Gasteiger partial charge in [-0.05, 0) is 35.9 Å². The summed E-state index contributed by atoms with van der Waals surface area (Å²) in [5, 5.41) is 0. The van der Waals surface area contributed by atoms with E-state index in [1.165, 1.54) is 6.07 Å². The van der Waals surface area contributed by atoms with E-state index in [9.17, 15) is 27.2 Å². The molecule has 2 heterocycles. The predicted molar refractivity (Wildman–Crippen MR) is 124 cm³/mol. The largest absolute Gasteiger partial charge is 0.573 e. The Labute approximate surface area is 209 Å². The molecule has 12 heteroatoms. The standard InChI is InChI=1S/C25H24F4N4O4/c1-32-13-20(31-14-32)16-3-5-21(18(12-16)24(30)35)36-17-6-8-33(9-7-17)23(34)11-15-2-4-22(19(26)10-15)37-25(27,28)29/h2-5,10,12-14,17H,6-9,11H2,1H3,(H2,30,35). The van der Waals surface area contributed by atoms with Gasteiger partial charge in [-0.25, -0.2) is 9.37 Å². The highest BCUT2D eigenvalue weighted by Gasteiger charge is 2.32. The third-order valence-corrected chi connectivity index (χ3v) is 5.91. The molecule has 196 valence electrons. The first-order chi connectivity index (χ1) is 17.5. The Morgan fingerprint density at radius 1 is 1.11 bits per heavy atom. The first-order valence-electron chi connectivity index (χ1n) is 11.4. The van der Waals surface area contributed by atoms with Gasteiger partial charge in [0.1, 0.15) is 11.9 Å². The zero-order valence-corrected chi connectivity index (χ0v) is 19.8. The van der Waals surface area contributed by atoms with Crippen LogP contribution in [-0.4, -0.2) is 51.8 Å². The fraction of sp³-hybridized carbons (Fsp3) is 0.320. The summed E-state index contributed by atoms with van der Waals surface area (Å²) in [7, 11) is 1.83. The average Bonchev–Trinajstić information content (AvgIpc) is 3.27. The lowest BCUT2D eigenvalue weighted by molar-refractivity contribution is -0.275. The van der Waals surface area contributed by atoms with Gasteiger partial charge in [0.15, 0.2) is 11.6 Å². The van der Waals surface area contributed by atoms with Gasteiger partial charge in [-0.15, -0.1) is 13.2 Å². The van der Waals surface area contributed by atoms with Gasteiger partial charge in [-0.3, -0.25) is 9.59 Å². The van der Waals surface area contributed by atoms with E-state index in [1.54, 1.807) is 34.0 Å². The summed E-state index contributed by atoms with van der Waals surface area (Å²) in [4.78, 5) is 30.6. The molecule has 37 heavy (non-hydrogen) atoms. The quantitative estimate of drug-likeness (QED) is 0.478. The molecule has 0 saturated carbocycles. The van der Waals surface area contributed by atoms with Gasteiger partial charge in [0.05, 0.1) is 24.0 Å². The van der Waals surface area contributed by atoms with E-state index < -0.39 is 23.8 Å². The Morgan fingerprint density at radius 2 is 1.81 bits per heavy atom. The number of amides is 2. The van der Waals surface area contributed by atoms with Crippen LogP contribution in [0.5, 0.6) is 11.5 Å². The van der Waals surface area contributed by atoms with E-state index >= 15 is 0 Å². The number of hydrogen-bond donors (Lipinski definition) is 1. The summed E-state index contributed by atoms with van der Waals surface area (Å²) in [6.07, 6.45) is -1.02. The summed E-state index contributed by atoms with van der Waals surface area (Å²) in [6.45, 7) is 0.721. The first kappa shape index (κ1) is 26.0. The average molecular weight is 520 g/mol. The summed E-state index contributed by atoms with van der Waals surface area (Å²) in [6, 6.07) is 8.01. The Morgan fingerprint density at radius 3 is 2.41 bits per heavy atom. The number of aromatic nitrogens is 2. The lowest BCUT2D eigenvalue weighted by Gasteiger charge is -2.32. The molecule has 0 radical (unpaired) electrons. The molecule has 2 amide bonds. The molecule has 0 atom stereocenters. The lowest BCUT2D eigenvalue weighted by Crippen LogP contribution is -2.42. The summed E-state index contributed by atoms with van der Waals surface area (Å²) in [5.74, 6) is -2.74. The minimum atomic E-state index is -5.01. The van der Waals surface area contributed by atoms with Crippen molar-refractivity contribution in [1.29, 1.82) is 0 Å². The zero-order chi connectivity index (χ0) is 26.7. The molecular formula is C25H24F4N4O4. The molecule has 2 N–H and O–H groups in total. The van der Waals surface area contributed by atoms with Gasteiger partial charge >= 0.3 is 6.36 Å². The highest BCUT2D eigenvalue weighted by Crippen LogP contribution is 2.29. The van der Waals surface area contributed by atoms with Crippen molar-refractivity contribution >= 4 is 11.8 Å². The number of rotatable bonds is 7. The second-order valence-electron chi connectivity index (χ2n) is 8.69. The van der Waals surface area contributed by atoms with Crippen LogP contribution in [0.15, 0.2) is 48.9 Å². The molecule has 0 bridgehead atoms. The number of nitrogens with two attached hydrogens (primary N) is 1. The number of halogens is 4. The lowest BCUT2D eigenvalue weighted by atomic mass is 10.0. The number of piperidine rings is 1. The number of imidazole rings is 1. The van der Waals surface area contributed by atoms with Crippen LogP contribution in [0.2, 0.25) is 0 Å². The van der Waals surface area contributed by atoms with E-state index in [1.807, 2.05) is 13.2 Å². The number of hydrogen-bond acceptors (Lipinski definition) is 5. The molecule has 1 aliphatic heterocycles. The molecule has 1 saturated heterocycles. The van der Waals surface area contributed by atoms with Gasteiger partial charge < -0.3 is 24.7 Å². The second-order valence-corrected chi connectivity index (χ2v) is 8.69. The van der Waals surface area contributed by atoms with Crippen molar-refractivity contribution in [3.05, 3.63) is 65.9 Å². The molecule has 3 aromatic rings. The summed E-state index contributed by atoms with van der Waals surface area (Å²) < 4.78 is 62.3. The predicted octanol–water partition coefficient (Wildman–Crippen LogP) is 3.84. The molecule has 1 aliphatic rings. The van der Waals surface area contributed by atoms with Crippen LogP contribution in [0.25, 0.3) is 11.3 Å². The molecule has 0 aliphatic carbocycles. The number of carbonyl (C=O) groups excluding carboxylic acids is 2. The van der Waals surface area contributed by atoms with Crippen molar-refractivity contribution in [2.45, 2.75) is 31.7 Å². The van der Waals surface area contributed by atoms with Crippen molar-refractivity contribution in [3.8, 4) is 22.8 Å². The SMILES string of the molecule is Cn1cnc(-c2ccc(OC3CCN(C(=O)Cc4ccc(OC(F)(F)F)c(F)c4)CC3)c(C(N)=O)c2)c1. The fourth-order valence-corrected chi connectivity index (χ4v) is 4.10. The second kappa shape index (κ2) is 10.5. The minimum absolute atomic E-state index is 0.171. The van der Waals surface area contributed by atoms with Gasteiger partial charge in [0.25, 0.3) is 5.91 Å². The van der Waals surface area contributed by atoms with Gasteiger partial charge in [-0.1, -0.05) is 6.07 Å². The number of primary amides is 1. The fourth-order valence-electron chi connectivity index (χ4n) is 4.10. The molecule has 4 rings (SSSR count). The minimum Gasteiger partial charge on any atom is -0.489 e. The third-order valence-electron chi connectivity index (χ3n) is 5.91. The summed E-state index contributed by atoms with van der Waals surface area (Å²) in [5.41, 5.74) is 7.43. The Balaban J connectivity index is 1.34. The van der Waals surface area contributed by atoms with Crippen molar-refractivity contribution in [2.24, 2.45) is 12.8 Å². The van der Waals surface area contributed by atoms with Crippen LogP contribution in [0.3, 0.4) is 0 Å². The van der Waals surface area contributed by atoms with E-state index in [-0.39, 0.29) is 29.6 Å². The highest BCUT2D eigenvalue weighted by molar-refractivity contribution is 5.97. The van der Waals surface area contributed by atoms with Crippen molar-refractivity contribution in [3.63, 3.8) is 0 Å². The summed E-state index contributed by atoms with van der Waals surface area (Å²) >= 11 is 0. The van der Waals surface area contributed by atoms with E-state index in [0.717, 1.165) is 17.7 Å². The molecule has 8 nitrogen and oxygen atoms in total. The maximum atomic E-state index is 13.9. The number of benzene rings is 2. The van der Waals surface area contributed by atoms with E-state index in [2.05, 4.69) is 9.72 Å². The number of aryl methyl sites for hydroxylation is 1. The van der Waals surface area contributed by atoms with Gasteiger partial charge in [-0.2, -0.15) is 0 Å². The van der Waals surface area contributed by atoms with Crippen LogP contribution < -0.4 is 15.2 Å². The maximum Gasteiger partial charge on any atom is 0.573 e. The monoisotopic (exact) mass is 520 g/mol. The number of alkyl halides is 3. The molecule has 1 aromatic heterocycles. The third kappa shape index (κ3) is 6.57. The van der Waals surface area contributed by atoms with Crippen LogP contribution in [0, 0.1) is 5.82 Å². The van der Waals surface area contributed by atoms with Crippen LogP contribution in [0.1, 0.15) is 28.8 Å². The highest BCUT2D eigenvalue weighted by atomic mass is 19.4. The number of likely N-dealkylation sites (tertiary alicyclic amines) is 1. The van der Waals surface area contributed by atoms with Crippen LogP contribution in [-0.2, 0) is 18.3 Å². The molecule has 2 aromatic carbocycles. The van der Waals surface area contributed by atoms with E-state index in [4.69, 9.17) is 10.5 Å².